The van der Waals surface area contributed by atoms with Gasteiger partial charge in [0, 0.05) is 12.1 Å². The van der Waals surface area contributed by atoms with E-state index < -0.39 is 0 Å². The minimum Gasteiger partial charge on any atom is -0.497 e. The lowest BCUT2D eigenvalue weighted by molar-refractivity contribution is 0.414. The molecule has 2 heterocycles. The van der Waals surface area contributed by atoms with Crippen LogP contribution in [-0.4, -0.2) is 28.8 Å². The Bertz CT molecular complexity index is 1060. The summed E-state index contributed by atoms with van der Waals surface area (Å²) >= 11 is 0. The molecular weight excluding hydrogens is 340 g/mol. The third-order valence-corrected chi connectivity index (χ3v) is 4.38. The van der Waals surface area contributed by atoms with Crippen molar-refractivity contribution in [3.05, 3.63) is 72.4 Å². The van der Waals surface area contributed by atoms with Crippen LogP contribution >= 0.6 is 0 Å². The molecule has 0 amide bonds. The molecule has 6 heteroatoms. The topological polar surface area (TPSA) is 60.7 Å². The Balaban J connectivity index is 1.61. The number of hydrogen-bond donors (Lipinski definition) is 1. The predicted molar refractivity (Wildman–Crippen MR) is 105 cm³/mol. The Morgan fingerprint density at radius 1 is 0.926 bits per heavy atom. The van der Waals surface area contributed by atoms with E-state index >= 15 is 0 Å². The first kappa shape index (κ1) is 16.9. The van der Waals surface area contributed by atoms with Crippen LogP contribution in [0.15, 0.2) is 66.9 Å². The maximum Gasteiger partial charge on any atom is 0.154 e. The quantitative estimate of drug-likeness (QED) is 0.563. The van der Waals surface area contributed by atoms with Crippen molar-refractivity contribution in [3.8, 4) is 22.8 Å². The second-order valence-electron chi connectivity index (χ2n) is 6.03. The van der Waals surface area contributed by atoms with Gasteiger partial charge in [-0.15, -0.1) is 5.10 Å². The van der Waals surface area contributed by atoms with E-state index in [1.807, 2.05) is 71.4 Å². The van der Waals surface area contributed by atoms with Gasteiger partial charge in [0.1, 0.15) is 17.3 Å². The summed E-state index contributed by atoms with van der Waals surface area (Å²) in [5.41, 5.74) is 3.77. The molecule has 4 rings (SSSR count). The molecule has 4 aromatic rings. The molecule has 0 spiro atoms. The Kier molecular flexibility index (Phi) is 4.61. The van der Waals surface area contributed by atoms with Crippen LogP contribution in [0.3, 0.4) is 0 Å². The number of hydrogen-bond acceptors (Lipinski definition) is 5. The molecule has 0 bridgehead atoms. The lowest BCUT2D eigenvalue weighted by Crippen LogP contribution is -2.05. The predicted octanol–water partition coefficient (Wildman–Crippen LogP) is 4.03. The number of imidazole rings is 1. The average molecular weight is 360 g/mol. The normalized spacial score (nSPS) is 10.7. The summed E-state index contributed by atoms with van der Waals surface area (Å²) in [5.74, 6) is 2.41. The van der Waals surface area contributed by atoms with Gasteiger partial charge in [0.05, 0.1) is 26.1 Å². The second kappa shape index (κ2) is 7.37. The molecule has 6 nitrogen and oxygen atoms in total. The summed E-state index contributed by atoms with van der Waals surface area (Å²) in [6.07, 6.45) is 1.81. The fraction of sp³-hybridized carbons (Fsp3) is 0.143. The van der Waals surface area contributed by atoms with Gasteiger partial charge < -0.3 is 14.8 Å². The number of benzene rings is 2. The Morgan fingerprint density at radius 3 is 2.52 bits per heavy atom. The number of rotatable bonds is 6. The second-order valence-corrected chi connectivity index (χ2v) is 6.03. The highest BCUT2D eigenvalue weighted by atomic mass is 16.5. The van der Waals surface area contributed by atoms with Crippen LogP contribution in [0.5, 0.6) is 11.5 Å². The number of methoxy groups -OCH3 is 2. The van der Waals surface area contributed by atoms with Crippen molar-refractivity contribution in [2.75, 3.05) is 19.5 Å². The van der Waals surface area contributed by atoms with Gasteiger partial charge in [-0.1, -0.05) is 24.3 Å². The number of nitrogens with one attached hydrogen (secondary N) is 1. The van der Waals surface area contributed by atoms with Gasteiger partial charge in [0.2, 0.25) is 0 Å². The lowest BCUT2D eigenvalue weighted by Gasteiger charge is -2.09. The van der Waals surface area contributed by atoms with Crippen LogP contribution in [0.2, 0.25) is 0 Å². The van der Waals surface area contributed by atoms with Crippen LogP contribution in [-0.2, 0) is 6.54 Å². The first-order chi connectivity index (χ1) is 13.3. The Hall–Kier alpha value is -3.54. The number of anilines is 1. The molecule has 0 saturated heterocycles. The van der Waals surface area contributed by atoms with Gasteiger partial charge in [0.25, 0.3) is 0 Å². The Morgan fingerprint density at radius 2 is 1.74 bits per heavy atom. The molecule has 0 unspecified atom stereocenters. The molecule has 136 valence electrons. The zero-order valence-electron chi connectivity index (χ0n) is 15.2. The van der Waals surface area contributed by atoms with E-state index in [0.29, 0.717) is 6.54 Å². The number of fused-ring (bicyclic) bond motifs is 1. The summed E-state index contributed by atoms with van der Waals surface area (Å²) < 4.78 is 12.5. The molecule has 1 N–H and O–H groups in total. The fourth-order valence-corrected chi connectivity index (χ4v) is 2.94. The minimum absolute atomic E-state index is 0.668. The molecule has 0 fully saturated rings. The monoisotopic (exact) mass is 360 g/mol. The first-order valence-electron chi connectivity index (χ1n) is 8.63. The van der Waals surface area contributed by atoms with Gasteiger partial charge in [-0.25, -0.2) is 9.50 Å². The van der Waals surface area contributed by atoms with E-state index in [1.54, 1.807) is 14.2 Å². The SMILES string of the molecule is COc1ccc(CNc2ccc3ncc(-c4ccccc4OC)n3n2)cc1. The zero-order valence-corrected chi connectivity index (χ0v) is 15.2. The van der Waals surface area contributed by atoms with E-state index in [-0.39, 0.29) is 0 Å². The number of ether oxygens (including phenoxy) is 2. The van der Waals surface area contributed by atoms with Crippen LogP contribution in [0, 0.1) is 0 Å². The number of nitrogens with zero attached hydrogens (tertiary/aromatic N) is 3. The largest absolute Gasteiger partial charge is 0.497 e. The smallest absolute Gasteiger partial charge is 0.154 e. The highest BCUT2D eigenvalue weighted by Crippen LogP contribution is 2.29. The highest BCUT2D eigenvalue weighted by Gasteiger charge is 2.12. The van der Waals surface area contributed by atoms with Gasteiger partial charge in [-0.3, -0.25) is 0 Å². The van der Waals surface area contributed by atoms with Crippen molar-refractivity contribution in [1.29, 1.82) is 0 Å². The van der Waals surface area contributed by atoms with E-state index in [0.717, 1.165) is 39.8 Å². The van der Waals surface area contributed by atoms with Crippen LogP contribution in [0.25, 0.3) is 16.9 Å². The fourth-order valence-electron chi connectivity index (χ4n) is 2.94. The van der Waals surface area contributed by atoms with Crippen LogP contribution < -0.4 is 14.8 Å². The summed E-state index contributed by atoms with van der Waals surface area (Å²) in [4.78, 5) is 4.45. The summed E-state index contributed by atoms with van der Waals surface area (Å²) in [6.45, 7) is 0.668. The molecule has 2 aromatic heterocycles. The van der Waals surface area contributed by atoms with E-state index in [4.69, 9.17) is 14.6 Å². The van der Waals surface area contributed by atoms with Crippen molar-refractivity contribution in [2.45, 2.75) is 6.54 Å². The molecule has 0 aliphatic carbocycles. The standard InChI is InChI=1S/C21H20N4O2/c1-26-16-9-7-15(8-10-16)13-22-20-11-12-21-23-14-18(25(21)24-20)17-5-3-4-6-19(17)27-2/h3-12,14H,13H2,1-2H3,(H,22,24). The molecule has 27 heavy (non-hydrogen) atoms. The number of para-hydroxylation sites is 1. The van der Waals surface area contributed by atoms with Crippen LogP contribution in [0.4, 0.5) is 5.82 Å². The molecule has 0 aliphatic rings. The van der Waals surface area contributed by atoms with Crippen molar-refractivity contribution in [1.82, 2.24) is 14.6 Å². The molecule has 0 saturated carbocycles. The minimum atomic E-state index is 0.668. The van der Waals surface area contributed by atoms with Crippen molar-refractivity contribution in [2.24, 2.45) is 0 Å². The first-order valence-corrected chi connectivity index (χ1v) is 8.63. The van der Waals surface area contributed by atoms with Crippen molar-refractivity contribution in [3.63, 3.8) is 0 Å². The summed E-state index contributed by atoms with van der Waals surface area (Å²) in [5, 5.41) is 8.05. The average Bonchev–Trinajstić information content (AvgIpc) is 3.15. The Labute approximate surface area is 157 Å². The third kappa shape index (κ3) is 3.42. The molecule has 2 aromatic carbocycles. The molecule has 0 aliphatic heterocycles. The third-order valence-electron chi connectivity index (χ3n) is 4.38. The van der Waals surface area contributed by atoms with Gasteiger partial charge in [-0.05, 0) is 42.0 Å². The van der Waals surface area contributed by atoms with E-state index in [2.05, 4.69) is 10.3 Å². The number of aromatic nitrogens is 3. The maximum atomic E-state index is 5.48. The van der Waals surface area contributed by atoms with Gasteiger partial charge >= 0.3 is 0 Å². The summed E-state index contributed by atoms with van der Waals surface area (Å²) in [6, 6.07) is 19.7. The molecular formula is C21H20N4O2. The van der Waals surface area contributed by atoms with Crippen molar-refractivity contribution < 1.29 is 9.47 Å². The summed E-state index contributed by atoms with van der Waals surface area (Å²) in [7, 11) is 3.33. The lowest BCUT2D eigenvalue weighted by atomic mass is 10.1. The highest BCUT2D eigenvalue weighted by molar-refractivity contribution is 5.69. The molecule has 0 atom stereocenters. The van der Waals surface area contributed by atoms with Gasteiger partial charge in [0.15, 0.2) is 5.65 Å². The maximum absolute atomic E-state index is 5.48. The van der Waals surface area contributed by atoms with E-state index in [9.17, 15) is 0 Å². The van der Waals surface area contributed by atoms with Crippen LogP contribution in [0.1, 0.15) is 5.56 Å². The zero-order chi connectivity index (χ0) is 18.6. The molecule has 0 radical (unpaired) electrons. The van der Waals surface area contributed by atoms with E-state index in [1.165, 1.54) is 0 Å². The van der Waals surface area contributed by atoms with Gasteiger partial charge in [-0.2, -0.15) is 0 Å². The van der Waals surface area contributed by atoms with Crippen molar-refractivity contribution >= 4 is 11.5 Å².